The van der Waals surface area contributed by atoms with Crippen LogP contribution in [0.4, 0.5) is 5.69 Å². The highest BCUT2D eigenvalue weighted by Crippen LogP contribution is 2.40. The third-order valence-corrected chi connectivity index (χ3v) is 4.03. The second-order valence-corrected chi connectivity index (χ2v) is 6.30. The Labute approximate surface area is 137 Å². The number of hydrogen-bond acceptors (Lipinski definition) is 5. The minimum Gasteiger partial charge on any atom is -0.437 e. The molecule has 8 heteroatoms. The number of nitrogens with zero attached hydrogens (tertiary/aromatic N) is 3. The summed E-state index contributed by atoms with van der Waals surface area (Å²) in [5.74, 6) is 1.83. The molecule has 1 saturated carbocycles. The first-order valence-electron chi connectivity index (χ1n) is 6.19. The van der Waals surface area contributed by atoms with Crippen LogP contribution in [0.1, 0.15) is 24.6 Å². The molecule has 1 aromatic heterocycles. The number of benzene rings is 1. The fourth-order valence-electron chi connectivity index (χ4n) is 1.79. The molecule has 6 nitrogen and oxygen atoms in total. The Kier molecular flexibility index (Phi) is 3.90. The van der Waals surface area contributed by atoms with Crippen molar-refractivity contribution in [1.82, 2.24) is 9.97 Å². The van der Waals surface area contributed by atoms with E-state index in [-0.39, 0.29) is 5.69 Å². The summed E-state index contributed by atoms with van der Waals surface area (Å²) in [6.45, 7) is 0. The lowest BCUT2D eigenvalue weighted by molar-refractivity contribution is -0.384. The maximum atomic E-state index is 10.8. The first kappa shape index (κ1) is 14.4. The molecule has 0 radical (unpaired) electrons. The van der Waals surface area contributed by atoms with Gasteiger partial charge in [-0.1, -0.05) is 0 Å². The van der Waals surface area contributed by atoms with Crippen LogP contribution in [0.2, 0.25) is 0 Å². The Morgan fingerprint density at radius 3 is 2.67 bits per heavy atom. The summed E-state index contributed by atoms with van der Waals surface area (Å²) in [6, 6.07) is 5.97. The molecule has 1 aromatic carbocycles. The van der Waals surface area contributed by atoms with Gasteiger partial charge < -0.3 is 4.74 Å². The highest BCUT2D eigenvalue weighted by atomic mass is 79.9. The summed E-state index contributed by atoms with van der Waals surface area (Å²) in [5.41, 5.74) is -0.0382. The topological polar surface area (TPSA) is 78.2 Å². The largest absolute Gasteiger partial charge is 0.437 e. The van der Waals surface area contributed by atoms with Crippen LogP contribution < -0.4 is 4.74 Å². The quantitative estimate of drug-likeness (QED) is 0.415. The van der Waals surface area contributed by atoms with Crippen molar-refractivity contribution < 1.29 is 9.66 Å². The molecule has 0 unspecified atom stereocenters. The third kappa shape index (κ3) is 3.38. The molecular formula is C13H9Br2N3O3. The van der Waals surface area contributed by atoms with Crippen LogP contribution in [0.5, 0.6) is 11.6 Å². The molecule has 0 atom stereocenters. The predicted octanol–water partition coefficient (Wildman–Crippen LogP) is 4.58. The Balaban J connectivity index is 1.92. The van der Waals surface area contributed by atoms with Crippen molar-refractivity contribution in [2.24, 2.45) is 0 Å². The molecule has 0 aliphatic heterocycles. The van der Waals surface area contributed by atoms with Crippen LogP contribution in [0, 0.1) is 10.1 Å². The van der Waals surface area contributed by atoms with Gasteiger partial charge in [0.25, 0.3) is 5.69 Å². The summed E-state index contributed by atoms with van der Waals surface area (Å²) in [5, 5.41) is 10.8. The van der Waals surface area contributed by atoms with Crippen molar-refractivity contribution in [2.45, 2.75) is 18.8 Å². The van der Waals surface area contributed by atoms with E-state index in [1.165, 1.54) is 12.1 Å². The highest BCUT2D eigenvalue weighted by Gasteiger charge is 2.27. The summed E-state index contributed by atoms with van der Waals surface area (Å²) < 4.78 is 6.92. The zero-order chi connectivity index (χ0) is 15.0. The SMILES string of the molecule is O=[N+]([O-])c1ccc(Br)c(Oc2cc(Br)nc(C3CC3)n2)c1. The molecule has 108 valence electrons. The standard InChI is InChI=1S/C13H9Br2N3O3/c14-9-4-3-8(18(19)20)5-10(9)21-12-6-11(15)16-13(17-12)7-1-2-7/h3-7H,1-2H2. The van der Waals surface area contributed by atoms with Crippen molar-refractivity contribution in [3.05, 3.63) is 49.3 Å². The molecule has 0 amide bonds. The van der Waals surface area contributed by atoms with Crippen LogP contribution in [-0.4, -0.2) is 14.9 Å². The maximum absolute atomic E-state index is 10.8. The summed E-state index contributed by atoms with van der Waals surface area (Å²) in [4.78, 5) is 19.0. The lowest BCUT2D eigenvalue weighted by Crippen LogP contribution is -1.97. The molecule has 3 rings (SSSR count). The Hall–Kier alpha value is -1.54. The van der Waals surface area contributed by atoms with Gasteiger partial charge in [0.05, 0.1) is 15.5 Å². The molecule has 0 saturated heterocycles. The number of halogens is 2. The van der Waals surface area contributed by atoms with Crippen LogP contribution in [-0.2, 0) is 0 Å². The van der Waals surface area contributed by atoms with E-state index < -0.39 is 4.92 Å². The van der Waals surface area contributed by atoms with Crippen molar-refractivity contribution in [3.8, 4) is 11.6 Å². The van der Waals surface area contributed by atoms with E-state index in [0.717, 1.165) is 18.7 Å². The molecule has 0 spiro atoms. The maximum Gasteiger partial charge on any atom is 0.273 e. The summed E-state index contributed by atoms with van der Waals surface area (Å²) in [7, 11) is 0. The summed E-state index contributed by atoms with van der Waals surface area (Å²) in [6.07, 6.45) is 2.16. The van der Waals surface area contributed by atoms with E-state index in [9.17, 15) is 10.1 Å². The van der Waals surface area contributed by atoms with Gasteiger partial charge in [0.15, 0.2) is 5.75 Å². The average Bonchev–Trinajstić information content (AvgIpc) is 3.24. The molecule has 21 heavy (non-hydrogen) atoms. The molecule has 2 aromatic rings. The fraction of sp³-hybridized carbons (Fsp3) is 0.231. The number of rotatable bonds is 4. The van der Waals surface area contributed by atoms with Gasteiger partial charge in [-0.2, -0.15) is 4.98 Å². The first-order valence-corrected chi connectivity index (χ1v) is 7.78. The molecule has 1 aliphatic rings. The molecule has 1 fully saturated rings. The van der Waals surface area contributed by atoms with Crippen LogP contribution >= 0.6 is 31.9 Å². The second kappa shape index (κ2) is 5.69. The van der Waals surface area contributed by atoms with Gasteiger partial charge in [0, 0.05) is 18.1 Å². The van der Waals surface area contributed by atoms with Crippen LogP contribution in [0.25, 0.3) is 0 Å². The van der Waals surface area contributed by atoms with Crippen molar-refractivity contribution in [1.29, 1.82) is 0 Å². The molecular weight excluding hydrogens is 406 g/mol. The average molecular weight is 415 g/mol. The second-order valence-electron chi connectivity index (χ2n) is 4.64. The van der Waals surface area contributed by atoms with Crippen LogP contribution in [0.15, 0.2) is 33.3 Å². The number of ether oxygens (including phenoxy) is 1. The van der Waals surface area contributed by atoms with Gasteiger partial charge in [-0.15, -0.1) is 0 Å². The van der Waals surface area contributed by atoms with Gasteiger partial charge in [-0.3, -0.25) is 10.1 Å². The van der Waals surface area contributed by atoms with E-state index in [1.807, 2.05) is 0 Å². The lowest BCUT2D eigenvalue weighted by atomic mass is 10.3. The van der Waals surface area contributed by atoms with Crippen LogP contribution in [0.3, 0.4) is 0 Å². The van der Waals surface area contributed by atoms with Crippen molar-refractivity contribution in [3.63, 3.8) is 0 Å². The van der Waals surface area contributed by atoms with E-state index >= 15 is 0 Å². The van der Waals surface area contributed by atoms with Crippen molar-refractivity contribution >= 4 is 37.5 Å². The zero-order valence-electron chi connectivity index (χ0n) is 10.6. The normalized spacial score (nSPS) is 14.0. The summed E-state index contributed by atoms with van der Waals surface area (Å²) >= 11 is 6.64. The Bertz CT molecular complexity index is 720. The number of non-ortho nitro benzene ring substituents is 1. The number of nitro groups is 1. The van der Waals surface area contributed by atoms with Crippen molar-refractivity contribution in [2.75, 3.05) is 0 Å². The van der Waals surface area contributed by atoms with Gasteiger partial charge in [-0.25, -0.2) is 4.98 Å². The molecule has 0 bridgehead atoms. The predicted molar refractivity (Wildman–Crippen MR) is 82.6 cm³/mol. The van der Waals surface area contributed by atoms with E-state index in [1.54, 1.807) is 12.1 Å². The van der Waals surface area contributed by atoms with E-state index in [4.69, 9.17) is 4.74 Å². The minimum absolute atomic E-state index is 0.0382. The Morgan fingerprint density at radius 1 is 1.24 bits per heavy atom. The Morgan fingerprint density at radius 2 is 2.00 bits per heavy atom. The van der Waals surface area contributed by atoms with E-state index in [0.29, 0.717) is 26.6 Å². The molecule has 0 N–H and O–H groups in total. The smallest absolute Gasteiger partial charge is 0.273 e. The van der Waals surface area contributed by atoms with Gasteiger partial charge in [0.1, 0.15) is 10.4 Å². The minimum atomic E-state index is -0.467. The molecule has 1 heterocycles. The monoisotopic (exact) mass is 413 g/mol. The van der Waals surface area contributed by atoms with Gasteiger partial charge in [-0.05, 0) is 50.8 Å². The first-order chi connectivity index (χ1) is 10.0. The lowest BCUT2D eigenvalue weighted by Gasteiger charge is -2.08. The molecule has 1 aliphatic carbocycles. The fourth-order valence-corrected chi connectivity index (χ4v) is 2.49. The van der Waals surface area contributed by atoms with Gasteiger partial charge >= 0.3 is 0 Å². The number of nitro benzene ring substituents is 1. The van der Waals surface area contributed by atoms with E-state index in [2.05, 4.69) is 41.8 Å². The zero-order valence-corrected chi connectivity index (χ0v) is 13.8. The highest BCUT2D eigenvalue weighted by molar-refractivity contribution is 9.10. The number of hydrogen-bond donors (Lipinski definition) is 0. The third-order valence-electron chi connectivity index (χ3n) is 2.97. The number of aromatic nitrogens is 2. The van der Waals surface area contributed by atoms with Gasteiger partial charge in [0.2, 0.25) is 5.88 Å².